The number of ether oxygens (including phenoxy) is 2. The van der Waals surface area contributed by atoms with Gasteiger partial charge < -0.3 is 66.9 Å². The van der Waals surface area contributed by atoms with Crippen LogP contribution < -0.4 is 38.1 Å². The van der Waals surface area contributed by atoms with Crippen LogP contribution in [0.4, 0.5) is 10.5 Å². The molecule has 24 heteroatoms. The van der Waals surface area contributed by atoms with Gasteiger partial charge in [-0.2, -0.15) is 8.42 Å². The average molecular weight is 1170 g/mol. The van der Waals surface area contributed by atoms with E-state index in [4.69, 9.17) is 20.9 Å². The van der Waals surface area contributed by atoms with E-state index in [0.29, 0.717) is 31.4 Å². The molecule has 0 aromatic heterocycles. The number of likely N-dealkylation sites (N-methyl/N-ethyl adjacent to an activating group) is 2. The van der Waals surface area contributed by atoms with Crippen LogP contribution in [-0.2, 0) is 54.9 Å². The van der Waals surface area contributed by atoms with Gasteiger partial charge in [0.1, 0.15) is 23.5 Å². The molecule has 82 heavy (non-hydrogen) atoms. The van der Waals surface area contributed by atoms with Crippen LogP contribution in [0.25, 0.3) is 0 Å². The van der Waals surface area contributed by atoms with Crippen LogP contribution in [0.2, 0.25) is 0 Å². The van der Waals surface area contributed by atoms with Gasteiger partial charge in [0.15, 0.2) is 6.04 Å². The summed E-state index contributed by atoms with van der Waals surface area (Å²) in [5.41, 5.74) is 12.0. The van der Waals surface area contributed by atoms with Crippen molar-refractivity contribution >= 4 is 57.3 Å². The van der Waals surface area contributed by atoms with Gasteiger partial charge in [-0.05, 0) is 74.1 Å². The quantitative estimate of drug-likeness (QED) is 0.0287. The third kappa shape index (κ3) is 19.4. The number of rotatable bonds is 32. The number of likely N-dealkylation sites (tertiary alicyclic amines) is 1. The second-order valence-electron chi connectivity index (χ2n) is 23.6. The van der Waals surface area contributed by atoms with Gasteiger partial charge in [0.2, 0.25) is 29.5 Å². The number of carbonyl (C=O) groups excluding carboxylic acids is 7. The van der Waals surface area contributed by atoms with Crippen LogP contribution in [0.1, 0.15) is 125 Å². The van der Waals surface area contributed by atoms with Crippen molar-refractivity contribution in [3.63, 3.8) is 0 Å². The van der Waals surface area contributed by atoms with Gasteiger partial charge >= 0.3 is 6.03 Å². The number of quaternary nitrogens is 1. The second kappa shape index (κ2) is 31.8. The van der Waals surface area contributed by atoms with E-state index in [2.05, 4.69) is 26.6 Å². The number of nitrogens with zero attached hydrogens (tertiary/aromatic N) is 3. The summed E-state index contributed by atoms with van der Waals surface area (Å²) in [5.74, 6) is -4.74. The van der Waals surface area contributed by atoms with Crippen molar-refractivity contribution in [1.82, 2.24) is 31.1 Å². The topological polar surface area (TPSA) is 331 Å². The SMILES string of the molecule is CCC(C)C(C(CC(=O)N1CCC[C@H]1C(OC)C(C)C(=O)NC(C)C(O)c1ccccc1)OC)N(C)C(=O)C(NC(=O)C(C(C)C)[N+](C)(C)Cc1ccc(NC(=O)C(CCCNC(N)=O)NC(=O)C(N)C(C)C)cc1S(=O)(=O)O)C(C)C. The summed E-state index contributed by atoms with van der Waals surface area (Å²) in [4.78, 5) is 98.5. The minimum atomic E-state index is -4.95. The van der Waals surface area contributed by atoms with E-state index in [1.165, 1.54) is 26.4 Å². The fourth-order valence-corrected chi connectivity index (χ4v) is 11.9. The zero-order valence-electron chi connectivity index (χ0n) is 50.9. The van der Waals surface area contributed by atoms with E-state index in [-0.39, 0.29) is 77.7 Å². The molecule has 8 amide bonds. The van der Waals surface area contributed by atoms with E-state index < -0.39 is 117 Å². The van der Waals surface area contributed by atoms with E-state index in [9.17, 15) is 51.6 Å². The van der Waals surface area contributed by atoms with Gasteiger partial charge in [0, 0.05) is 51.5 Å². The first-order valence-electron chi connectivity index (χ1n) is 28.5. The lowest BCUT2D eigenvalue weighted by atomic mass is 9.89. The Morgan fingerprint density at radius 1 is 0.841 bits per heavy atom. The minimum absolute atomic E-state index is 0.0236. The second-order valence-corrected chi connectivity index (χ2v) is 25.0. The Morgan fingerprint density at radius 3 is 2.01 bits per heavy atom. The van der Waals surface area contributed by atoms with E-state index in [1.54, 1.807) is 84.6 Å². The Bertz CT molecular complexity index is 2570. The largest absolute Gasteiger partial charge is 0.386 e. The molecule has 1 aliphatic heterocycles. The highest BCUT2D eigenvalue weighted by Crippen LogP contribution is 2.32. The minimum Gasteiger partial charge on any atom is -0.386 e. The number of nitrogens with two attached hydrogens (primary N) is 2. The van der Waals surface area contributed by atoms with Crippen molar-refractivity contribution in [2.24, 2.45) is 41.1 Å². The van der Waals surface area contributed by atoms with Crippen molar-refractivity contribution in [3.05, 3.63) is 59.7 Å². The summed E-state index contributed by atoms with van der Waals surface area (Å²) in [5, 5.41) is 24.6. The molecule has 11 unspecified atom stereocenters. The Hall–Kier alpha value is -5.76. The molecule has 1 fully saturated rings. The number of aliphatic hydroxyl groups excluding tert-OH is 1. The summed E-state index contributed by atoms with van der Waals surface area (Å²) in [6.07, 6.45) is -0.337. The summed E-state index contributed by atoms with van der Waals surface area (Å²) in [6, 6.07) is 6.47. The predicted molar refractivity (Wildman–Crippen MR) is 313 cm³/mol. The summed E-state index contributed by atoms with van der Waals surface area (Å²) >= 11 is 0. The molecule has 0 saturated carbocycles. The maximum atomic E-state index is 14.9. The van der Waals surface area contributed by atoms with Crippen molar-refractivity contribution in [2.75, 3.05) is 53.8 Å². The van der Waals surface area contributed by atoms with Crippen LogP contribution in [0, 0.1) is 29.6 Å². The lowest BCUT2D eigenvalue weighted by Crippen LogP contribution is -2.63. The average Bonchev–Trinajstić information content (AvgIpc) is 4.07. The predicted octanol–water partition coefficient (Wildman–Crippen LogP) is 3.69. The van der Waals surface area contributed by atoms with E-state index in [0.717, 1.165) is 6.07 Å². The van der Waals surface area contributed by atoms with Crippen LogP contribution in [-0.4, -0.2) is 177 Å². The molecule has 2 aromatic rings. The number of hydrogen-bond donors (Lipinski definition) is 9. The molecule has 3 rings (SSSR count). The monoisotopic (exact) mass is 1170 g/mol. The third-order valence-corrected chi connectivity index (χ3v) is 16.9. The number of amides is 8. The Morgan fingerprint density at radius 2 is 1.48 bits per heavy atom. The third-order valence-electron chi connectivity index (χ3n) is 15.9. The molecule has 0 radical (unpaired) electrons. The first kappa shape index (κ1) is 70.5. The lowest BCUT2D eigenvalue weighted by molar-refractivity contribution is -0.922. The number of carbonyl (C=O) groups is 7. The standard InChI is InChI=1S/C58H96N10O13S/c1-16-36(8)49(44(80-14)31-46(69)67-29-21-25-43(67)52(81-15)37(9)53(71)62-38(10)51(70)39-22-18-17-19-23-39)66(11)57(75)48(34(4)5)65-56(74)50(35(6)7)68(12,13)32-40-26-27-41(30-45(40)82(77,78)79)63-54(72)42(24-20-28-61-58(60)76)64-55(73)47(59)33(2)3/h17-19,22-23,26-27,30,33-38,42-44,47-52,70H,16,20-21,24-25,28-29,31-32,59H2,1-15H3,(H7-,60,61,62,63,64,65,71,72,73,74,76,77,78,79)/p+1/t36?,37?,38?,42?,43-,44?,47?,48?,49?,50?,51?,52?/m0/s1. The number of primary amides is 1. The molecule has 0 aliphatic carbocycles. The van der Waals surface area contributed by atoms with Crippen molar-refractivity contribution in [1.29, 1.82) is 0 Å². The van der Waals surface area contributed by atoms with E-state index in [1.807, 2.05) is 45.9 Å². The molecule has 2 aromatic carbocycles. The highest BCUT2D eigenvalue weighted by molar-refractivity contribution is 7.85. The van der Waals surface area contributed by atoms with Gasteiger partial charge in [0.25, 0.3) is 16.0 Å². The number of urea groups is 1. The number of hydrogen-bond acceptors (Lipinski definition) is 13. The number of nitrogens with one attached hydrogen (secondary N) is 5. The number of anilines is 1. The fraction of sp³-hybridized carbons (Fsp3) is 0.672. The maximum absolute atomic E-state index is 14.9. The molecule has 462 valence electrons. The summed E-state index contributed by atoms with van der Waals surface area (Å²) < 4.78 is 48.6. The molecular weight excluding hydrogens is 1080 g/mol. The van der Waals surface area contributed by atoms with Gasteiger partial charge in [-0.25, -0.2) is 4.79 Å². The molecule has 23 nitrogen and oxygen atoms in total. The Kier molecular flexibility index (Phi) is 27.3. The van der Waals surface area contributed by atoms with E-state index >= 15 is 0 Å². The molecular formula is C58H97N10O13S+. The molecule has 0 spiro atoms. The van der Waals surface area contributed by atoms with Crippen LogP contribution in [0.5, 0.6) is 0 Å². The van der Waals surface area contributed by atoms with Gasteiger partial charge in [-0.15, -0.1) is 0 Å². The summed E-state index contributed by atoms with van der Waals surface area (Å²) in [7, 11) is 3.14. The summed E-state index contributed by atoms with van der Waals surface area (Å²) in [6.45, 7) is 18.6. The fourth-order valence-electron chi connectivity index (χ4n) is 11.2. The van der Waals surface area contributed by atoms with Gasteiger partial charge in [-0.3, -0.25) is 33.3 Å². The number of benzene rings is 2. The molecule has 1 heterocycles. The molecule has 12 atom stereocenters. The van der Waals surface area contributed by atoms with Gasteiger partial charge in [-0.1, -0.05) is 99.1 Å². The zero-order chi connectivity index (χ0) is 62.1. The van der Waals surface area contributed by atoms with Crippen LogP contribution in [0.3, 0.4) is 0 Å². The highest BCUT2D eigenvalue weighted by Gasteiger charge is 2.45. The van der Waals surface area contributed by atoms with Crippen molar-refractivity contribution < 1.29 is 65.6 Å². The number of methoxy groups -OCH3 is 2. The van der Waals surface area contributed by atoms with Crippen molar-refractivity contribution in [3.8, 4) is 0 Å². The lowest BCUT2D eigenvalue weighted by Gasteiger charge is -2.42. The van der Waals surface area contributed by atoms with Gasteiger partial charge in [0.05, 0.1) is 68.9 Å². The zero-order valence-corrected chi connectivity index (χ0v) is 51.7. The highest BCUT2D eigenvalue weighted by atomic mass is 32.2. The molecule has 1 aliphatic rings. The number of aliphatic hydroxyl groups is 1. The normalized spacial score (nSPS) is 18.0. The Balaban J connectivity index is 1.86. The van der Waals surface area contributed by atoms with Crippen LogP contribution in [0.15, 0.2) is 53.4 Å². The maximum Gasteiger partial charge on any atom is 0.312 e. The smallest absolute Gasteiger partial charge is 0.312 e. The molecule has 11 N–H and O–H groups in total. The van der Waals surface area contributed by atoms with Crippen LogP contribution >= 0.6 is 0 Å². The first-order chi connectivity index (χ1) is 38.2. The first-order valence-corrected chi connectivity index (χ1v) is 30.0. The van der Waals surface area contributed by atoms with Crippen molar-refractivity contribution in [2.45, 2.75) is 180 Å². The molecule has 1 saturated heterocycles. The Labute approximate surface area is 486 Å². The molecule has 0 bridgehead atoms.